The summed E-state index contributed by atoms with van der Waals surface area (Å²) in [4.78, 5) is 0. The van der Waals surface area contributed by atoms with Crippen LogP contribution in [0.4, 0.5) is 0 Å². The van der Waals surface area contributed by atoms with E-state index in [1.807, 2.05) is 30.0 Å². The molecule has 1 aromatic carbocycles. The van der Waals surface area contributed by atoms with E-state index in [1.54, 1.807) is 0 Å². The van der Waals surface area contributed by atoms with Gasteiger partial charge < -0.3 is 10.1 Å². The zero-order valence-corrected chi connectivity index (χ0v) is 12.3. The maximum Gasteiger partial charge on any atom is 0.0860 e. The summed E-state index contributed by atoms with van der Waals surface area (Å²) >= 11 is 8.27. The Morgan fingerprint density at radius 2 is 2.33 bits per heavy atom. The Balaban J connectivity index is 2.15. The van der Waals surface area contributed by atoms with Crippen molar-refractivity contribution in [3.05, 3.63) is 34.9 Å². The normalized spacial score (nSPS) is 21.8. The highest BCUT2D eigenvalue weighted by Crippen LogP contribution is 2.30. The number of hydrogen-bond donors (Lipinski definition) is 1. The number of thioether (sulfide) groups is 1. The lowest BCUT2D eigenvalue weighted by atomic mass is 10.0. The average Bonchev–Trinajstić information content (AvgIpc) is 2.42. The standard InChI is InChI=1S/C14H20ClNOS/c1-2-7-16-14(13-10-18-9-8-17-13)11-5-3-4-6-12(11)15/h3-6,13-14,16H,2,7-10H2,1H3. The van der Waals surface area contributed by atoms with Crippen LogP contribution in [0.15, 0.2) is 24.3 Å². The fourth-order valence-corrected chi connectivity index (χ4v) is 3.32. The third kappa shape index (κ3) is 3.64. The van der Waals surface area contributed by atoms with Crippen LogP contribution >= 0.6 is 23.4 Å². The fourth-order valence-electron chi connectivity index (χ4n) is 2.17. The topological polar surface area (TPSA) is 21.3 Å². The second-order valence-electron chi connectivity index (χ2n) is 4.44. The van der Waals surface area contributed by atoms with Crippen LogP contribution in [0.2, 0.25) is 5.02 Å². The Hall–Kier alpha value is -0.220. The first-order chi connectivity index (χ1) is 8.83. The van der Waals surface area contributed by atoms with Gasteiger partial charge in [-0.15, -0.1) is 0 Å². The number of halogens is 1. The Labute approximate surface area is 118 Å². The Kier molecular flexibility index (Phi) is 5.83. The second kappa shape index (κ2) is 7.39. The molecule has 2 atom stereocenters. The summed E-state index contributed by atoms with van der Waals surface area (Å²) in [6, 6.07) is 8.26. The van der Waals surface area contributed by atoms with Crippen molar-refractivity contribution in [3.8, 4) is 0 Å². The van der Waals surface area contributed by atoms with Crippen molar-refractivity contribution in [1.29, 1.82) is 0 Å². The van der Waals surface area contributed by atoms with Crippen LogP contribution in [-0.4, -0.2) is 30.8 Å². The molecule has 0 amide bonds. The summed E-state index contributed by atoms with van der Waals surface area (Å²) in [5, 5.41) is 4.40. The van der Waals surface area contributed by atoms with Crippen LogP contribution in [0.5, 0.6) is 0 Å². The van der Waals surface area contributed by atoms with E-state index in [0.717, 1.165) is 41.7 Å². The first-order valence-corrected chi connectivity index (χ1v) is 8.03. The van der Waals surface area contributed by atoms with Crippen molar-refractivity contribution in [2.45, 2.75) is 25.5 Å². The summed E-state index contributed by atoms with van der Waals surface area (Å²) in [6.07, 6.45) is 1.33. The van der Waals surface area contributed by atoms with Gasteiger partial charge in [-0.25, -0.2) is 0 Å². The van der Waals surface area contributed by atoms with Gasteiger partial charge in [0.1, 0.15) is 0 Å². The van der Waals surface area contributed by atoms with Gasteiger partial charge in [0.25, 0.3) is 0 Å². The highest BCUT2D eigenvalue weighted by molar-refractivity contribution is 7.99. The zero-order chi connectivity index (χ0) is 12.8. The average molecular weight is 286 g/mol. The molecular weight excluding hydrogens is 266 g/mol. The molecule has 2 unspecified atom stereocenters. The molecular formula is C14H20ClNOS. The van der Waals surface area contributed by atoms with Gasteiger partial charge in [0, 0.05) is 16.5 Å². The predicted octanol–water partition coefficient (Wildman–Crippen LogP) is 3.51. The lowest BCUT2D eigenvalue weighted by Crippen LogP contribution is -2.38. The maximum atomic E-state index is 6.31. The van der Waals surface area contributed by atoms with Crippen molar-refractivity contribution >= 4 is 23.4 Å². The third-order valence-electron chi connectivity index (χ3n) is 3.07. The van der Waals surface area contributed by atoms with E-state index in [2.05, 4.69) is 18.3 Å². The van der Waals surface area contributed by atoms with Gasteiger partial charge in [-0.1, -0.05) is 36.7 Å². The molecule has 0 aromatic heterocycles. The molecule has 4 heteroatoms. The van der Waals surface area contributed by atoms with Crippen LogP contribution in [0, 0.1) is 0 Å². The van der Waals surface area contributed by atoms with Crippen molar-refractivity contribution in [2.75, 3.05) is 24.7 Å². The summed E-state index contributed by atoms with van der Waals surface area (Å²) in [6.45, 7) is 4.00. The number of nitrogens with one attached hydrogen (secondary N) is 1. The van der Waals surface area contributed by atoms with Crippen LogP contribution in [0.1, 0.15) is 24.9 Å². The predicted molar refractivity (Wildman–Crippen MR) is 79.6 cm³/mol. The van der Waals surface area contributed by atoms with Gasteiger partial charge in [-0.05, 0) is 24.6 Å². The van der Waals surface area contributed by atoms with Crippen molar-refractivity contribution in [2.24, 2.45) is 0 Å². The molecule has 1 aromatic rings. The highest BCUT2D eigenvalue weighted by Gasteiger charge is 2.27. The molecule has 1 saturated heterocycles. The minimum Gasteiger partial charge on any atom is -0.375 e. The van der Waals surface area contributed by atoms with Crippen LogP contribution in [-0.2, 0) is 4.74 Å². The van der Waals surface area contributed by atoms with Gasteiger partial charge in [0.15, 0.2) is 0 Å². The lowest BCUT2D eigenvalue weighted by Gasteiger charge is -2.31. The SMILES string of the molecule is CCCNC(c1ccccc1Cl)C1CSCCO1. The molecule has 0 spiro atoms. The van der Waals surface area contributed by atoms with E-state index in [9.17, 15) is 0 Å². The van der Waals surface area contributed by atoms with Crippen LogP contribution in [0.25, 0.3) is 0 Å². The fraction of sp³-hybridized carbons (Fsp3) is 0.571. The van der Waals surface area contributed by atoms with Gasteiger partial charge in [-0.2, -0.15) is 11.8 Å². The van der Waals surface area contributed by atoms with Crippen molar-refractivity contribution in [3.63, 3.8) is 0 Å². The van der Waals surface area contributed by atoms with Crippen molar-refractivity contribution < 1.29 is 4.74 Å². The Bertz CT molecular complexity index is 369. The van der Waals surface area contributed by atoms with E-state index >= 15 is 0 Å². The van der Waals surface area contributed by atoms with Crippen LogP contribution in [0.3, 0.4) is 0 Å². The van der Waals surface area contributed by atoms with Crippen LogP contribution < -0.4 is 5.32 Å². The molecule has 0 radical (unpaired) electrons. The Morgan fingerprint density at radius 3 is 3.00 bits per heavy atom. The second-order valence-corrected chi connectivity index (χ2v) is 5.99. The van der Waals surface area contributed by atoms with Gasteiger partial charge in [0.05, 0.1) is 18.8 Å². The number of hydrogen-bond acceptors (Lipinski definition) is 3. The molecule has 2 nitrogen and oxygen atoms in total. The van der Waals surface area contributed by atoms with E-state index in [1.165, 1.54) is 0 Å². The van der Waals surface area contributed by atoms with E-state index in [0.29, 0.717) is 0 Å². The summed E-state index contributed by atoms with van der Waals surface area (Å²) in [5.41, 5.74) is 1.15. The number of ether oxygens (including phenoxy) is 1. The molecule has 0 saturated carbocycles. The number of benzene rings is 1. The molecule has 0 aliphatic carbocycles. The summed E-state index contributed by atoms with van der Waals surface area (Å²) < 4.78 is 5.90. The monoisotopic (exact) mass is 285 g/mol. The largest absolute Gasteiger partial charge is 0.375 e. The van der Waals surface area contributed by atoms with Gasteiger partial charge in [-0.3, -0.25) is 0 Å². The van der Waals surface area contributed by atoms with Gasteiger partial charge in [0.2, 0.25) is 0 Å². The first-order valence-electron chi connectivity index (χ1n) is 6.50. The molecule has 1 aliphatic heterocycles. The molecule has 2 rings (SSSR count). The summed E-state index contributed by atoms with van der Waals surface area (Å²) in [5.74, 6) is 2.13. The molecule has 0 bridgehead atoms. The van der Waals surface area contributed by atoms with E-state index in [-0.39, 0.29) is 12.1 Å². The summed E-state index contributed by atoms with van der Waals surface area (Å²) in [7, 11) is 0. The minimum absolute atomic E-state index is 0.200. The van der Waals surface area contributed by atoms with Gasteiger partial charge >= 0.3 is 0 Å². The molecule has 1 N–H and O–H groups in total. The molecule has 1 heterocycles. The highest BCUT2D eigenvalue weighted by atomic mass is 35.5. The Morgan fingerprint density at radius 1 is 1.50 bits per heavy atom. The molecule has 1 fully saturated rings. The third-order valence-corrected chi connectivity index (χ3v) is 4.43. The lowest BCUT2D eigenvalue weighted by molar-refractivity contribution is 0.0468. The van der Waals surface area contributed by atoms with E-state index < -0.39 is 0 Å². The first kappa shape index (κ1) is 14.2. The molecule has 100 valence electrons. The van der Waals surface area contributed by atoms with Crippen molar-refractivity contribution in [1.82, 2.24) is 5.32 Å². The number of rotatable bonds is 5. The maximum absolute atomic E-state index is 6.31. The zero-order valence-electron chi connectivity index (χ0n) is 10.7. The molecule has 1 aliphatic rings. The minimum atomic E-state index is 0.200. The quantitative estimate of drug-likeness (QED) is 0.894. The molecule has 18 heavy (non-hydrogen) atoms. The van der Waals surface area contributed by atoms with E-state index in [4.69, 9.17) is 16.3 Å². The smallest absolute Gasteiger partial charge is 0.0860 e.